The summed E-state index contributed by atoms with van der Waals surface area (Å²) in [5.41, 5.74) is 1.38. The molecule has 0 aliphatic rings. The molecule has 0 unspecified atom stereocenters. The van der Waals surface area contributed by atoms with E-state index in [1.165, 1.54) is 94.5 Å². The number of hydrogen-bond acceptors (Lipinski definition) is 7. The van der Waals surface area contributed by atoms with Crippen LogP contribution in [0, 0.1) is 0 Å². The Morgan fingerprint density at radius 2 is 1.48 bits per heavy atom. The SMILES string of the molecule is CCCCCCCCCCCCCCCCC(=O)Oc1ccc(/C=N/c2nc3ccc(OCC)cc3s2)c(O)c1. The van der Waals surface area contributed by atoms with E-state index in [2.05, 4.69) is 16.9 Å². The molecule has 218 valence electrons. The van der Waals surface area contributed by atoms with Gasteiger partial charge in [0, 0.05) is 24.3 Å². The number of phenols is 1. The maximum Gasteiger partial charge on any atom is 0.311 e. The molecule has 0 spiro atoms. The van der Waals surface area contributed by atoms with E-state index in [1.807, 2.05) is 25.1 Å². The third kappa shape index (κ3) is 11.7. The standard InChI is InChI=1S/C33H46N2O4S/c1-3-5-6-7-8-9-10-11-12-13-14-15-16-17-18-32(37)39-28-20-19-26(30(36)23-28)25-34-33-35-29-22-21-27(38-4-2)24-31(29)40-33/h19-25,36H,3-18H2,1-2H3/b34-25+. The molecule has 40 heavy (non-hydrogen) atoms. The molecule has 1 heterocycles. The van der Waals surface area contributed by atoms with Crippen LogP contribution in [-0.4, -0.2) is 28.9 Å². The zero-order chi connectivity index (χ0) is 28.4. The summed E-state index contributed by atoms with van der Waals surface area (Å²) in [5.74, 6) is 0.890. The van der Waals surface area contributed by atoms with Crippen LogP contribution in [0.15, 0.2) is 41.4 Å². The van der Waals surface area contributed by atoms with Gasteiger partial charge in [-0.15, -0.1) is 0 Å². The van der Waals surface area contributed by atoms with Crippen LogP contribution in [-0.2, 0) is 4.79 Å². The number of thiazole rings is 1. The molecule has 0 atom stereocenters. The highest BCUT2D eigenvalue weighted by molar-refractivity contribution is 7.22. The molecule has 2 aromatic carbocycles. The van der Waals surface area contributed by atoms with Gasteiger partial charge in [-0.05, 0) is 43.7 Å². The van der Waals surface area contributed by atoms with Gasteiger partial charge in [0.15, 0.2) is 0 Å². The minimum Gasteiger partial charge on any atom is -0.507 e. The highest BCUT2D eigenvalue weighted by atomic mass is 32.1. The number of nitrogens with zero attached hydrogens (tertiary/aromatic N) is 2. The monoisotopic (exact) mass is 566 g/mol. The van der Waals surface area contributed by atoms with E-state index >= 15 is 0 Å². The van der Waals surface area contributed by atoms with E-state index in [1.54, 1.807) is 18.3 Å². The van der Waals surface area contributed by atoms with Crippen molar-refractivity contribution in [1.29, 1.82) is 0 Å². The van der Waals surface area contributed by atoms with E-state index in [9.17, 15) is 9.90 Å². The van der Waals surface area contributed by atoms with Crippen molar-refractivity contribution in [2.45, 2.75) is 110 Å². The van der Waals surface area contributed by atoms with Crippen LogP contribution in [0.4, 0.5) is 5.13 Å². The van der Waals surface area contributed by atoms with Crippen LogP contribution in [0.1, 0.15) is 116 Å². The summed E-state index contributed by atoms with van der Waals surface area (Å²) in [4.78, 5) is 21.2. The number of esters is 1. The minimum atomic E-state index is -0.263. The lowest BCUT2D eigenvalue weighted by atomic mass is 10.0. The van der Waals surface area contributed by atoms with E-state index in [0.29, 0.717) is 29.5 Å². The van der Waals surface area contributed by atoms with Gasteiger partial charge in [0.1, 0.15) is 17.2 Å². The van der Waals surface area contributed by atoms with Crippen molar-refractivity contribution in [2.75, 3.05) is 6.61 Å². The summed E-state index contributed by atoms with van der Waals surface area (Å²) in [6.45, 7) is 4.83. The summed E-state index contributed by atoms with van der Waals surface area (Å²) in [7, 11) is 0. The Labute approximate surface area is 243 Å². The highest BCUT2D eigenvalue weighted by Gasteiger charge is 2.09. The van der Waals surface area contributed by atoms with Gasteiger partial charge in [0.25, 0.3) is 0 Å². The topological polar surface area (TPSA) is 81.0 Å². The molecule has 3 aromatic rings. The first kappa shape index (κ1) is 31.6. The zero-order valence-corrected chi connectivity index (χ0v) is 25.1. The van der Waals surface area contributed by atoms with Gasteiger partial charge in [0.2, 0.25) is 5.13 Å². The van der Waals surface area contributed by atoms with Crippen LogP contribution < -0.4 is 9.47 Å². The number of benzene rings is 2. The summed E-state index contributed by atoms with van der Waals surface area (Å²) in [6.07, 6.45) is 19.9. The number of aliphatic imine (C=N–C) groups is 1. The lowest BCUT2D eigenvalue weighted by molar-refractivity contribution is -0.134. The number of rotatable bonds is 20. The summed E-state index contributed by atoms with van der Waals surface area (Å²) in [6, 6.07) is 10.6. The minimum absolute atomic E-state index is 0.00489. The van der Waals surface area contributed by atoms with E-state index in [-0.39, 0.29) is 11.7 Å². The second-order valence-electron chi connectivity index (χ2n) is 10.4. The maximum atomic E-state index is 12.2. The molecule has 3 rings (SSSR count). The summed E-state index contributed by atoms with van der Waals surface area (Å²) in [5, 5.41) is 11.0. The molecule has 0 aliphatic heterocycles. The lowest BCUT2D eigenvalue weighted by Crippen LogP contribution is -2.07. The average Bonchev–Trinajstić information content (AvgIpc) is 3.35. The molecule has 0 aliphatic carbocycles. The summed E-state index contributed by atoms with van der Waals surface area (Å²) < 4.78 is 12.0. The fourth-order valence-corrected chi connectivity index (χ4v) is 5.51. The van der Waals surface area contributed by atoms with Gasteiger partial charge >= 0.3 is 5.97 Å². The first-order valence-electron chi connectivity index (χ1n) is 15.2. The second-order valence-corrected chi connectivity index (χ2v) is 11.4. The number of fused-ring (bicyclic) bond motifs is 1. The molecular weight excluding hydrogens is 520 g/mol. The molecular formula is C33H46N2O4S. The van der Waals surface area contributed by atoms with Gasteiger partial charge in [-0.1, -0.05) is 102 Å². The van der Waals surface area contributed by atoms with Gasteiger partial charge in [-0.2, -0.15) is 0 Å². The Hall–Kier alpha value is -2.93. The lowest BCUT2D eigenvalue weighted by Gasteiger charge is -2.06. The van der Waals surface area contributed by atoms with Crippen molar-refractivity contribution in [2.24, 2.45) is 4.99 Å². The zero-order valence-electron chi connectivity index (χ0n) is 24.3. The average molecular weight is 567 g/mol. The molecule has 1 aromatic heterocycles. The second kappa shape index (κ2) is 18.4. The number of unbranched alkanes of at least 4 members (excludes halogenated alkanes) is 13. The third-order valence-electron chi connectivity index (χ3n) is 6.94. The quantitative estimate of drug-likeness (QED) is 0.0637. The van der Waals surface area contributed by atoms with E-state index in [4.69, 9.17) is 9.47 Å². The van der Waals surface area contributed by atoms with E-state index in [0.717, 1.165) is 28.8 Å². The molecule has 0 radical (unpaired) electrons. The van der Waals surface area contributed by atoms with Crippen molar-refractivity contribution in [3.05, 3.63) is 42.0 Å². The fourth-order valence-electron chi connectivity index (χ4n) is 4.67. The Bertz CT molecular complexity index is 1190. The Kier molecular flexibility index (Phi) is 14.6. The molecule has 7 heteroatoms. The largest absolute Gasteiger partial charge is 0.507 e. The molecule has 1 N–H and O–H groups in total. The molecule has 0 saturated carbocycles. The first-order chi connectivity index (χ1) is 19.6. The number of aromatic nitrogens is 1. The Morgan fingerprint density at radius 1 is 0.850 bits per heavy atom. The molecule has 6 nitrogen and oxygen atoms in total. The van der Waals surface area contributed by atoms with Crippen molar-refractivity contribution in [3.8, 4) is 17.2 Å². The van der Waals surface area contributed by atoms with E-state index < -0.39 is 0 Å². The van der Waals surface area contributed by atoms with Gasteiger partial charge in [-0.25, -0.2) is 9.98 Å². The van der Waals surface area contributed by atoms with Crippen molar-refractivity contribution in [3.63, 3.8) is 0 Å². The van der Waals surface area contributed by atoms with Crippen LogP contribution in [0.5, 0.6) is 17.2 Å². The fraction of sp³-hybridized carbons (Fsp3) is 0.545. The smallest absolute Gasteiger partial charge is 0.311 e. The molecule has 0 saturated heterocycles. The Morgan fingerprint density at radius 3 is 2.10 bits per heavy atom. The van der Waals surface area contributed by atoms with Crippen molar-refractivity contribution < 1.29 is 19.4 Å². The first-order valence-corrected chi connectivity index (χ1v) is 16.0. The van der Waals surface area contributed by atoms with Gasteiger partial charge in [0.05, 0.1) is 16.8 Å². The number of carbonyl (C=O) groups is 1. The predicted molar refractivity (Wildman–Crippen MR) is 167 cm³/mol. The maximum absolute atomic E-state index is 12.2. The summed E-state index contributed by atoms with van der Waals surface area (Å²) >= 11 is 1.45. The number of aromatic hydroxyl groups is 1. The van der Waals surface area contributed by atoms with Crippen LogP contribution in [0.2, 0.25) is 0 Å². The van der Waals surface area contributed by atoms with Crippen LogP contribution >= 0.6 is 11.3 Å². The van der Waals surface area contributed by atoms with Crippen molar-refractivity contribution >= 4 is 38.9 Å². The van der Waals surface area contributed by atoms with Crippen molar-refractivity contribution in [1.82, 2.24) is 4.98 Å². The number of ether oxygens (including phenoxy) is 2. The number of phenolic OH excluding ortho intramolecular Hbond substituents is 1. The highest BCUT2D eigenvalue weighted by Crippen LogP contribution is 2.31. The normalized spacial score (nSPS) is 11.4. The van der Waals surface area contributed by atoms with Gasteiger partial charge in [-0.3, -0.25) is 4.79 Å². The third-order valence-corrected chi connectivity index (χ3v) is 7.87. The molecule has 0 fully saturated rings. The van der Waals surface area contributed by atoms with Gasteiger partial charge < -0.3 is 14.6 Å². The van der Waals surface area contributed by atoms with Crippen LogP contribution in [0.25, 0.3) is 10.2 Å². The number of carbonyl (C=O) groups excluding carboxylic acids is 1. The molecule has 0 bridgehead atoms. The Balaban J connectivity index is 1.29. The van der Waals surface area contributed by atoms with Crippen LogP contribution in [0.3, 0.4) is 0 Å². The predicted octanol–water partition coefficient (Wildman–Crippen LogP) is 9.93. The number of hydrogen-bond donors (Lipinski definition) is 1. The molecule has 0 amide bonds.